The van der Waals surface area contributed by atoms with Gasteiger partial charge in [0, 0.05) is 5.75 Å². The van der Waals surface area contributed by atoms with E-state index in [1.54, 1.807) is 12.1 Å². The molecule has 2 N–H and O–H groups in total. The van der Waals surface area contributed by atoms with Crippen molar-refractivity contribution in [2.45, 2.75) is 11.4 Å². The standard InChI is InChI=1S/C11H9FN2O2S/c12-8-2-1-6(3-7(8)4-13)10-14-9(5-17-10)11(15)16/h1-3,9-10,14H,5H2,(H,15,16)/t9-,10?/m0/s1. The lowest BCUT2D eigenvalue weighted by Gasteiger charge is -2.11. The van der Waals surface area contributed by atoms with Crippen LogP contribution in [0.4, 0.5) is 4.39 Å². The second-order valence-corrected chi connectivity index (χ2v) is 4.76. The maximum atomic E-state index is 13.1. The number of carboxylic acids is 1. The molecule has 2 rings (SSSR count). The lowest BCUT2D eigenvalue weighted by molar-refractivity contribution is -0.138. The molecule has 1 unspecified atom stereocenters. The first kappa shape index (κ1) is 11.9. The number of halogens is 1. The van der Waals surface area contributed by atoms with Gasteiger partial charge in [0.05, 0.1) is 10.9 Å². The van der Waals surface area contributed by atoms with Gasteiger partial charge in [-0.15, -0.1) is 11.8 Å². The molecule has 4 nitrogen and oxygen atoms in total. The van der Waals surface area contributed by atoms with E-state index in [1.165, 1.54) is 23.9 Å². The molecule has 0 spiro atoms. The average Bonchev–Trinajstić information content (AvgIpc) is 2.79. The van der Waals surface area contributed by atoms with Crippen molar-refractivity contribution in [3.05, 3.63) is 35.1 Å². The zero-order valence-electron chi connectivity index (χ0n) is 8.68. The smallest absolute Gasteiger partial charge is 0.321 e. The highest BCUT2D eigenvalue weighted by atomic mass is 32.2. The largest absolute Gasteiger partial charge is 0.480 e. The van der Waals surface area contributed by atoms with Gasteiger partial charge in [0.2, 0.25) is 0 Å². The van der Waals surface area contributed by atoms with Crippen LogP contribution < -0.4 is 5.32 Å². The van der Waals surface area contributed by atoms with Crippen LogP contribution in [0.3, 0.4) is 0 Å². The van der Waals surface area contributed by atoms with Gasteiger partial charge < -0.3 is 5.11 Å². The highest BCUT2D eigenvalue weighted by Crippen LogP contribution is 2.33. The van der Waals surface area contributed by atoms with E-state index < -0.39 is 17.8 Å². The summed E-state index contributed by atoms with van der Waals surface area (Å²) in [6.07, 6.45) is 0. The van der Waals surface area contributed by atoms with Crippen LogP contribution in [-0.2, 0) is 4.79 Å². The van der Waals surface area contributed by atoms with Gasteiger partial charge in [0.15, 0.2) is 0 Å². The van der Waals surface area contributed by atoms with E-state index in [1.807, 2.05) is 0 Å². The third-order valence-corrected chi connectivity index (χ3v) is 3.76. The highest BCUT2D eigenvalue weighted by molar-refractivity contribution is 7.99. The Kier molecular flexibility index (Phi) is 3.31. The Balaban J connectivity index is 2.20. The van der Waals surface area contributed by atoms with Crippen molar-refractivity contribution in [1.82, 2.24) is 5.32 Å². The summed E-state index contributed by atoms with van der Waals surface area (Å²) in [5.41, 5.74) is 0.695. The van der Waals surface area contributed by atoms with Crippen molar-refractivity contribution >= 4 is 17.7 Å². The van der Waals surface area contributed by atoms with E-state index >= 15 is 0 Å². The minimum Gasteiger partial charge on any atom is -0.480 e. The van der Waals surface area contributed by atoms with Crippen LogP contribution in [-0.4, -0.2) is 22.9 Å². The zero-order valence-corrected chi connectivity index (χ0v) is 9.50. The Morgan fingerprint density at radius 1 is 1.65 bits per heavy atom. The molecule has 0 amide bonds. The Bertz CT molecular complexity index is 501. The SMILES string of the molecule is N#Cc1cc(C2N[C@H](C(=O)O)CS2)ccc1F. The van der Waals surface area contributed by atoms with E-state index in [2.05, 4.69) is 5.32 Å². The fourth-order valence-electron chi connectivity index (χ4n) is 1.60. The first-order valence-electron chi connectivity index (χ1n) is 4.92. The number of carbonyl (C=O) groups is 1. The fourth-order valence-corrected chi connectivity index (χ4v) is 2.82. The number of aliphatic carboxylic acids is 1. The summed E-state index contributed by atoms with van der Waals surface area (Å²) in [6, 6.07) is 5.40. The predicted molar refractivity (Wildman–Crippen MR) is 60.9 cm³/mol. The number of carboxylic acid groups (broad SMARTS) is 1. The molecule has 6 heteroatoms. The normalized spacial score (nSPS) is 23.3. The molecule has 0 radical (unpaired) electrons. The molecule has 0 aliphatic carbocycles. The molecule has 1 aliphatic rings. The Hall–Kier alpha value is -1.58. The number of rotatable bonds is 2. The molecule has 17 heavy (non-hydrogen) atoms. The van der Waals surface area contributed by atoms with E-state index in [9.17, 15) is 9.18 Å². The number of nitrogens with zero attached hydrogens (tertiary/aromatic N) is 1. The van der Waals surface area contributed by atoms with Gasteiger partial charge in [0.1, 0.15) is 17.9 Å². The molecule has 0 bridgehead atoms. The number of hydrogen-bond acceptors (Lipinski definition) is 4. The molecule has 2 atom stereocenters. The summed E-state index contributed by atoms with van der Waals surface area (Å²) < 4.78 is 13.1. The van der Waals surface area contributed by atoms with Crippen LogP contribution in [0, 0.1) is 17.1 Å². The van der Waals surface area contributed by atoms with E-state index in [0.717, 1.165) is 5.56 Å². The van der Waals surface area contributed by atoms with Crippen molar-refractivity contribution in [2.24, 2.45) is 0 Å². The maximum Gasteiger partial charge on any atom is 0.321 e. The summed E-state index contributed by atoms with van der Waals surface area (Å²) in [7, 11) is 0. The van der Waals surface area contributed by atoms with Crippen LogP contribution in [0.2, 0.25) is 0 Å². The van der Waals surface area contributed by atoms with Crippen molar-refractivity contribution < 1.29 is 14.3 Å². The van der Waals surface area contributed by atoms with Crippen LogP contribution in [0.5, 0.6) is 0 Å². The van der Waals surface area contributed by atoms with Crippen molar-refractivity contribution in [2.75, 3.05) is 5.75 Å². The number of benzene rings is 1. The maximum absolute atomic E-state index is 13.1. The molecular weight excluding hydrogens is 243 g/mol. The summed E-state index contributed by atoms with van der Waals surface area (Å²) >= 11 is 1.43. The Labute approximate surface area is 101 Å². The van der Waals surface area contributed by atoms with Crippen molar-refractivity contribution in [3.8, 4) is 6.07 Å². The molecule has 1 aromatic carbocycles. The lowest BCUT2D eigenvalue weighted by atomic mass is 10.1. The summed E-state index contributed by atoms with van der Waals surface area (Å²) in [6.45, 7) is 0. The molecule has 1 heterocycles. The van der Waals surface area contributed by atoms with Crippen molar-refractivity contribution in [3.63, 3.8) is 0 Å². The number of thioether (sulfide) groups is 1. The molecule has 0 saturated carbocycles. The number of hydrogen-bond donors (Lipinski definition) is 2. The van der Waals surface area contributed by atoms with Crippen LogP contribution >= 0.6 is 11.8 Å². The molecule has 1 fully saturated rings. The Morgan fingerprint density at radius 3 is 3.00 bits per heavy atom. The predicted octanol–water partition coefficient (Wildman–Crippen LogP) is 1.49. The van der Waals surface area contributed by atoms with Gasteiger partial charge in [-0.25, -0.2) is 4.39 Å². The third kappa shape index (κ3) is 2.40. The molecule has 1 aliphatic heterocycles. The van der Waals surface area contributed by atoms with E-state index in [4.69, 9.17) is 10.4 Å². The van der Waals surface area contributed by atoms with Gasteiger partial charge in [-0.1, -0.05) is 6.07 Å². The van der Waals surface area contributed by atoms with Crippen LogP contribution in [0.15, 0.2) is 18.2 Å². The van der Waals surface area contributed by atoms with Gasteiger partial charge in [0.25, 0.3) is 0 Å². The minimum absolute atomic E-state index is 0.0244. The molecule has 1 aromatic rings. The first-order valence-corrected chi connectivity index (χ1v) is 5.96. The number of nitriles is 1. The summed E-state index contributed by atoms with van der Waals surface area (Å²) in [5.74, 6) is -1.00. The van der Waals surface area contributed by atoms with Gasteiger partial charge in [-0.2, -0.15) is 5.26 Å². The quantitative estimate of drug-likeness (QED) is 0.834. The Morgan fingerprint density at radius 2 is 2.41 bits per heavy atom. The zero-order chi connectivity index (χ0) is 12.4. The van der Waals surface area contributed by atoms with Gasteiger partial charge in [-0.3, -0.25) is 10.1 Å². The third-order valence-electron chi connectivity index (χ3n) is 2.49. The number of nitrogens with one attached hydrogen (secondary N) is 1. The van der Waals surface area contributed by atoms with Crippen molar-refractivity contribution in [1.29, 1.82) is 5.26 Å². The summed E-state index contributed by atoms with van der Waals surface area (Å²) in [4.78, 5) is 10.8. The second kappa shape index (κ2) is 4.73. The minimum atomic E-state index is -0.900. The molecule has 88 valence electrons. The molecule has 0 aromatic heterocycles. The van der Waals surface area contributed by atoms with E-state index in [-0.39, 0.29) is 10.9 Å². The molecule has 1 saturated heterocycles. The first-order chi connectivity index (χ1) is 8.11. The molecular formula is C11H9FN2O2S. The monoisotopic (exact) mass is 252 g/mol. The second-order valence-electron chi connectivity index (χ2n) is 3.62. The van der Waals surface area contributed by atoms with Crippen LogP contribution in [0.1, 0.15) is 16.5 Å². The topological polar surface area (TPSA) is 73.1 Å². The van der Waals surface area contributed by atoms with E-state index in [0.29, 0.717) is 5.75 Å². The van der Waals surface area contributed by atoms with Gasteiger partial charge in [-0.05, 0) is 17.7 Å². The van der Waals surface area contributed by atoms with Gasteiger partial charge >= 0.3 is 5.97 Å². The summed E-state index contributed by atoms with van der Waals surface area (Å²) in [5, 5.41) is 20.3. The fraction of sp³-hybridized carbons (Fsp3) is 0.273. The van der Waals surface area contributed by atoms with Crippen LogP contribution in [0.25, 0.3) is 0 Å². The highest BCUT2D eigenvalue weighted by Gasteiger charge is 2.30. The average molecular weight is 252 g/mol. The lowest BCUT2D eigenvalue weighted by Crippen LogP contribution is -2.33.